The van der Waals surface area contributed by atoms with Crippen molar-refractivity contribution in [2.45, 2.75) is 0 Å². The Labute approximate surface area is 110 Å². The molecular weight excluding hydrogens is 242 g/mol. The number of aromatic nitrogens is 3. The van der Waals surface area contributed by atoms with Crippen LogP contribution in [0.25, 0.3) is 16.7 Å². The van der Waals surface area contributed by atoms with E-state index in [1.165, 1.54) is 0 Å². The van der Waals surface area contributed by atoms with Crippen LogP contribution in [0.3, 0.4) is 0 Å². The summed E-state index contributed by atoms with van der Waals surface area (Å²) in [7, 11) is 3.23. The van der Waals surface area contributed by atoms with E-state index < -0.39 is 0 Å². The first-order valence-corrected chi connectivity index (χ1v) is 5.87. The molecule has 0 fully saturated rings. The first-order valence-electron chi connectivity index (χ1n) is 5.87. The van der Waals surface area contributed by atoms with Crippen LogP contribution in [0.5, 0.6) is 11.5 Å². The van der Waals surface area contributed by atoms with Crippen molar-refractivity contribution < 1.29 is 9.47 Å². The Balaban J connectivity index is 2.25. The lowest BCUT2D eigenvalue weighted by molar-refractivity contribution is 0.387. The highest BCUT2D eigenvalue weighted by Gasteiger charge is 2.14. The van der Waals surface area contributed by atoms with Crippen molar-refractivity contribution in [1.82, 2.24) is 15.0 Å². The van der Waals surface area contributed by atoms with E-state index in [0.717, 1.165) is 11.0 Å². The van der Waals surface area contributed by atoms with E-state index in [9.17, 15) is 0 Å². The van der Waals surface area contributed by atoms with Gasteiger partial charge in [0.25, 0.3) is 0 Å². The van der Waals surface area contributed by atoms with Crippen LogP contribution in [-0.2, 0) is 0 Å². The number of rotatable bonds is 3. The molecule has 3 rings (SSSR count). The van der Waals surface area contributed by atoms with Crippen LogP contribution in [0.2, 0.25) is 0 Å². The molecule has 0 N–H and O–H groups in total. The molecule has 5 nitrogen and oxygen atoms in total. The summed E-state index contributed by atoms with van der Waals surface area (Å²) in [5, 5.41) is 8.89. The van der Waals surface area contributed by atoms with Gasteiger partial charge in [-0.15, -0.1) is 15.0 Å². The lowest BCUT2D eigenvalue weighted by Crippen LogP contribution is -2.04. The number of nitrogens with zero attached hydrogens (tertiary/aromatic N) is 3. The molecule has 0 aliphatic rings. The largest absolute Gasteiger partial charge is 0.494 e. The van der Waals surface area contributed by atoms with Crippen LogP contribution >= 0.6 is 0 Å². The third-order valence-electron chi connectivity index (χ3n) is 2.89. The van der Waals surface area contributed by atoms with Crippen LogP contribution in [0, 0.1) is 0 Å². The van der Waals surface area contributed by atoms with E-state index >= 15 is 0 Å². The van der Waals surface area contributed by atoms with Crippen molar-refractivity contribution in [3.05, 3.63) is 42.5 Å². The van der Waals surface area contributed by atoms with E-state index in [1.807, 2.05) is 42.5 Å². The molecule has 0 unspecified atom stereocenters. The predicted octanol–water partition coefficient (Wildman–Crippen LogP) is 2.44. The van der Waals surface area contributed by atoms with Crippen LogP contribution in [0.1, 0.15) is 0 Å². The lowest BCUT2D eigenvalue weighted by atomic mass is 10.2. The van der Waals surface area contributed by atoms with Gasteiger partial charge in [0, 0.05) is 0 Å². The Hall–Kier alpha value is -2.56. The second-order valence-electron chi connectivity index (χ2n) is 3.99. The Morgan fingerprint density at radius 1 is 0.789 bits per heavy atom. The van der Waals surface area contributed by atoms with Crippen molar-refractivity contribution in [2.24, 2.45) is 0 Å². The maximum atomic E-state index is 5.36. The zero-order valence-corrected chi connectivity index (χ0v) is 10.7. The summed E-state index contributed by atoms with van der Waals surface area (Å²) in [5.74, 6) is 1.33. The third-order valence-corrected chi connectivity index (χ3v) is 2.89. The molecule has 96 valence electrons. The fourth-order valence-electron chi connectivity index (χ4n) is 1.99. The molecule has 0 bridgehead atoms. The molecule has 1 aromatic heterocycles. The average molecular weight is 255 g/mol. The Bertz CT molecular complexity index is 666. The molecule has 1 heterocycles. The van der Waals surface area contributed by atoms with E-state index in [4.69, 9.17) is 9.47 Å². The number of ether oxygens (including phenoxy) is 2. The van der Waals surface area contributed by atoms with Crippen molar-refractivity contribution in [1.29, 1.82) is 0 Å². The zero-order chi connectivity index (χ0) is 13.2. The Morgan fingerprint density at radius 2 is 1.32 bits per heavy atom. The fraction of sp³-hybridized carbons (Fsp3) is 0.143. The minimum absolute atomic E-state index is 0.666. The Kier molecular flexibility index (Phi) is 2.79. The van der Waals surface area contributed by atoms with Crippen molar-refractivity contribution >= 4 is 11.0 Å². The topological polar surface area (TPSA) is 49.2 Å². The zero-order valence-electron chi connectivity index (χ0n) is 10.7. The van der Waals surface area contributed by atoms with Gasteiger partial charge in [-0.25, -0.2) is 0 Å². The highest BCUT2D eigenvalue weighted by atomic mass is 16.5. The van der Waals surface area contributed by atoms with Crippen LogP contribution in [0.4, 0.5) is 0 Å². The maximum Gasteiger partial charge on any atom is 0.169 e. The predicted molar refractivity (Wildman–Crippen MR) is 72.0 cm³/mol. The second-order valence-corrected chi connectivity index (χ2v) is 3.99. The molecule has 0 saturated carbocycles. The second kappa shape index (κ2) is 4.61. The summed E-state index contributed by atoms with van der Waals surface area (Å²) >= 11 is 0. The number of para-hydroxylation sites is 1. The lowest BCUT2D eigenvalue weighted by Gasteiger charge is -2.11. The summed E-state index contributed by atoms with van der Waals surface area (Å²) in [6.45, 7) is 0. The first-order chi connectivity index (χ1) is 9.33. The molecule has 0 saturated heterocycles. The first kappa shape index (κ1) is 11.5. The van der Waals surface area contributed by atoms with Crippen LogP contribution < -0.4 is 9.47 Å². The van der Waals surface area contributed by atoms with Gasteiger partial charge in [0.15, 0.2) is 5.69 Å². The molecule has 0 atom stereocenters. The molecule has 0 amide bonds. The quantitative estimate of drug-likeness (QED) is 0.721. The highest BCUT2D eigenvalue weighted by molar-refractivity contribution is 5.74. The van der Waals surface area contributed by atoms with Gasteiger partial charge in [-0.2, -0.15) is 0 Å². The smallest absolute Gasteiger partial charge is 0.169 e. The van der Waals surface area contributed by atoms with Crippen molar-refractivity contribution in [3.8, 4) is 17.2 Å². The minimum Gasteiger partial charge on any atom is -0.494 e. The molecule has 5 heteroatoms. The molecule has 0 aliphatic heterocycles. The van der Waals surface area contributed by atoms with E-state index in [0.29, 0.717) is 17.2 Å². The molecule has 0 radical (unpaired) electrons. The van der Waals surface area contributed by atoms with E-state index in [-0.39, 0.29) is 0 Å². The maximum absolute atomic E-state index is 5.36. The number of fused-ring (bicyclic) bond motifs is 1. The summed E-state index contributed by atoms with van der Waals surface area (Å²) in [5.41, 5.74) is 2.36. The SMILES string of the molecule is COc1cccc(OC)c1-n1nc2ccccc2n1. The van der Waals surface area contributed by atoms with Gasteiger partial charge in [0.2, 0.25) is 0 Å². The normalized spacial score (nSPS) is 10.6. The molecular formula is C14H13N3O2. The fourth-order valence-corrected chi connectivity index (χ4v) is 1.99. The van der Waals surface area contributed by atoms with E-state index in [1.54, 1.807) is 19.0 Å². The van der Waals surface area contributed by atoms with Gasteiger partial charge in [-0.05, 0) is 24.3 Å². The summed E-state index contributed by atoms with van der Waals surface area (Å²) in [6.07, 6.45) is 0. The number of hydrogen-bond acceptors (Lipinski definition) is 4. The minimum atomic E-state index is 0.666. The number of hydrogen-bond donors (Lipinski definition) is 0. The van der Waals surface area contributed by atoms with Crippen molar-refractivity contribution in [3.63, 3.8) is 0 Å². The van der Waals surface area contributed by atoms with Gasteiger partial charge in [-0.3, -0.25) is 0 Å². The third kappa shape index (κ3) is 1.89. The standard InChI is InChI=1S/C14H13N3O2/c1-18-12-8-5-9-13(19-2)14(12)17-15-10-6-3-4-7-11(10)16-17/h3-9H,1-2H3. The monoisotopic (exact) mass is 255 g/mol. The van der Waals surface area contributed by atoms with Crippen molar-refractivity contribution in [2.75, 3.05) is 14.2 Å². The molecule has 2 aromatic carbocycles. The summed E-state index contributed by atoms with van der Waals surface area (Å²) in [4.78, 5) is 1.54. The van der Waals surface area contributed by atoms with Gasteiger partial charge in [0.1, 0.15) is 22.5 Å². The van der Waals surface area contributed by atoms with Crippen LogP contribution in [-0.4, -0.2) is 29.2 Å². The van der Waals surface area contributed by atoms with Gasteiger partial charge in [-0.1, -0.05) is 18.2 Å². The highest BCUT2D eigenvalue weighted by Crippen LogP contribution is 2.31. The van der Waals surface area contributed by atoms with E-state index in [2.05, 4.69) is 10.2 Å². The van der Waals surface area contributed by atoms with Gasteiger partial charge < -0.3 is 9.47 Å². The van der Waals surface area contributed by atoms with Crippen LogP contribution in [0.15, 0.2) is 42.5 Å². The summed E-state index contributed by atoms with van der Waals surface area (Å²) in [6, 6.07) is 13.3. The Morgan fingerprint density at radius 3 is 1.79 bits per heavy atom. The molecule has 19 heavy (non-hydrogen) atoms. The number of methoxy groups -OCH3 is 2. The molecule has 0 spiro atoms. The summed E-state index contributed by atoms with van der Waals surface area (Å²) < 4.78 is 10.7. The molecule has 3 aromatic rings. The average Bonchev–Trinajstić information content (AvgIpc) is 2.89. The van der Waals surface area contributed by atoms with Gasteiger partial charge in [0.05, 0.1) is 14.2 Å². The number of benzene rings is 2. The molecule has 0 aliphatic carbocycles. The van der Waals surface area contributed by atoms with Gasteiger partial charge >= 0.3 is 0 Å².